The lowest BCUT2D eigenvalue weighted by Crippen LogP contribution is -2.49. The third-order valence-electron chi connectivity index (χ3n) is 7.37. The summed E-state index contributed by atoms with van der Waals surface area (Å²) < 4.78 is 34.8. The molecule has 0 N–H and O–H groups in total. The molecular formula is C30H38N2O4S2. The molecule has 0 saturated heterocycles. The van der Waals surface area contributed by atoms with Crippen molar-refractivity contribution in [1.82, 2.24) is 9.21 Å². The van der Waals surface area contributed by atoms with Crippen LogP contribution in [0.3, 0.4) is 0 Å². The smallest absolute Gasteiger partial charge is 0.243 e. The lowest BCUT2D eigenvalue weighted by Gasteiger charge is -2.37. The molecule has 1 amide bonds. The number of benzene rings is 2. The Hall–Kier alpha value is -2.68. The minimum atomic E-state index is -3.84. The molecule has 0 spiro atoms. The monoisotopic (exact) mass is 554 g/mol. The van der Waals surface area contributed by atoms with Gasteiger partial charge in [0.1, 0.15) is 12.4 Å². The molecule has 1 aromatic heterocycles. The summed E-state index contributed by atoms with van der Waals surface area (Å²) in [7, 11) is -3.84. The number of fused-ring (bicyclic) bond motifs is 1. The highest BCUT2D eigenvalue weighted by Gasteiger charge is 2.36. The number of carbonyl (C=O) groups excluding carboxylic acids is 1. The van der Waals surface area contributed by atoms with Crippen molar-refractivity contribution in [1.29, 1.82) is 0 Å². The van der Waals surface area contributed by atoms with Crippen molar-refractivity contribution in [2.75, 3.05) is 19.7 Å². The molecule has 2 atom stereocenters. The van der Waals surface area contributed by atoms with E-state index in [1.165, 1.54) is 14.7 Å². The second kappa shape index (κ2) is 12.0. The minimum Gasteiger partial charge on any atom is -0.491 e. The molecule has 3 aromatic rings. The van der Waals surface area contributed by atoms with E-state index in [2.05, 4.69) is 37.4 Å². The van der Waals surface area contributed by atoms with Gasteiger partial charge in [-0.3, -0.25) is 4.79 Å². The van der Waals surface area contributed by atoms with Crippen molar-refractivity contribution in [3.63, 3.8) is 0 Å². The minimum absolute atomic E-state index is 0.204. The number of hydrogen-bond donors (Lipinski definition) is 0. The molecule has 2 heterocycles. The molecule has 8 heteroatoms. The van der Waals surface area contributed by atoms with Gasteiger partial charge in [0.25, 0.3) is 0 Å². The molecule has 1 aliphatic rings. The highest BCUT2D eigenvalue weighted by atomic mass is 32.2. The zero-order valence-corrected chi connectivity index (χ0v) is 24.5. The molecule has 2 aromatic carbocycles. The van der Waals surface area contributed by atoms with Crippen LogP contribution in [-0.2, 0) is 21.2 Å². The first kappa shape index (κ1) is 28.3. The van der Waals surface area contributed by atoms with Gasteiger partial charge < -0.3 is 9.64 Å². The molecule has 0 bridgehead atoms. The largest absolute Gasteiger partial charge is 0.491 e. The van der Waals surface area contributed by atoms with Crippen LogP contribution in [0.5, 0.6) is 5.75 Å². The standard InChI is InChI=1S/C30H38N2O4S2/c1-6-23(5)32(38(34,35)26-13-7-22(4)8-14-26)19-30(33)31-17-15-29-27(16-18-37-29)28(31)20-36-25-11-9-24(10-12-25)21(2)3/h7-14,16,18,21,23,28H,6,15,17,19-20H2,1-5H3. The Morgan fingerprint density at radius 2 is 1.76 bits per heavy atom. The van der Waals surface area contributed by atoms with Gasteiger partial charge in [0.05, 0.1) is 17.5 Å². The fraction of sp³-hybridized carbons (Fsp3) is 0.433. The predicted molar refractivity (Wildman–Crippen MR) is 153 cm³/mol. The summed E-state index contributed by atoms with van der Waals surface area (Å²) in [5.74, 6) is 0.988. The van der Waals surface area contributed by atoms with Gasteiger partial charge in [-0.1, -0.05) is 50.6 Å². The number of amides is 1. The van der Waals surface area contributed by atoms with Crippen molar-refractivity contribution in [2.45, 2.75) is 70.4 Å². The van der Waals surface area contributed by atoms with E-state index in [0.29, 0.717) is 25.5 Å². The zero-order chi connectivity index (χ0) is 27.4. The van der Waals surface area contributed by atoms with Gasteiger partial charge in [0.15, 0.2) is 0 Å². The Balaban J connectivity index is 1.56. The van der Waals surface area contributed by atoms with E-state index in [9.17, 15) is 13.2 Å². The van der Waals surface area contributed by atoms with Crippen LogP contribution in [0, 0.1) is 6.92 Å². The Kier molecular flexibility index (Phi) is 8.96. The maximum atomic E-state index is 13.8. The summed E-state index contributed by atoms with van der Waals surface area (Å²) in [5, 5.41) is 2.05. The molecule has 204 valence electrons. The normalized spacial score (nSPS) is 16.5. The molecular weight excluding hydrogens is 516 g/mol. The van der Waals surface area contributed by atoms with Crippen LogP contribution in [0.25, 0.3) is 0 Å². The third-order valence-corrected chi connectivity index (χ3v) is 10.3. The summed E-state index contributed by atoms with van der Waals surface area (Å²) in [6.07, 6.45) is 1.36. The van der Waals surface area contributed by atoms with Crippen molar-refractivity contribution in [3.8, 4) is 5.75 Å². The summed E-state index contributed by atoms with van der Waals surface area (Å²) in [6.45, 7) is 10.7. The van der Waals surface area contributed by atoms with E-state index in [1.54, 1.807) is 40.5 Å². The lowest BCUT2D eigenvalue weighted by atomic mass is 10.00. The number of sulfonamides is 1. The zero-order valence-electron chi connectivity index (χ0n) is 22.9. The van der Waals surface area contributed by atoms with Crippen LogP contribution in [0.2, 0.25) is 0 Å². The van der Waals surface area contributed by atoms with E-state index in [-0.39, 0.29) is 29.4 Å². The van der Waals surface area contributed by atoms with Crippen LogP contribution in [-0.4, -0.2) is 49.3 Å². The third kappa shape index (κ3) is 6.14. The number of rotatable bonds is 10. The fourth-order valence-electron chi connectivity index (χ4n) is 4.75. The van der Waals surface area contributed by atoms with Crippen LogP contribution < -0.4 is 4.74 Å². The SMILES string of the molecule is CCC(C)N(CC(=O)N1CCc2sccc2C1COc1ccc(C(C)C)cc1)S(=O)(=O)c1ccc(C)cc1. The van der Waals surface area contributed by atoms with Gasteiger partial charge in [-0.25, -0.2) is 8.42 Å². The van der Waals surface area contributed by atoms with E-state index in [0.717, 1.165) is 23.3 Å². The molecule has 6 nitrogen and oxygen atoms in total. The Morgan fingerprint density at radius 1 is 1.08 bits per heavy atom. The first-order valence-corrected chi connectivity index (χ1v) is 15.6. The summed E-state index contributed by atoms with van der Waals surface area (Å²) in [6, 6.07) is 16.3. The maximum absolute atomic E-state index is 13.8. The second-order valence-electron chi connectivity index (χ2n) is 10.3. The van der Waals surface area contributed by atoms with E-state index < -0.39 is 10.0 Å². The molecule has 0 radical (unpaired) electrons. The number of thiophene rings is 1. The number of aryl methyl sites for hydroxylation is 1. The highest BCUT2D eigenvalue weighted by Crippen LogP contribution is 2.34. The topological polar surface area (TPSA) is 66.9 Å². The molecule has 0 aliphatic carbocycles. The van der Waals surface area contributed by atoms with Crippen molar-refractivity contribution in [2.24, 2.45) is 0 Å². The average molecular weight is 555 g/mol. The van der Waals surface area contributed by atoms with E-state index in [1.807, 2.05) is 32.9 Å². The summed E-state index contributed by atoms with van der Waals surface area (Å²) in [5.41, 5.74) is 3.31. The average Bonchev–Trinajstić information content (AvgIpc) is 3.39. The molecule has 0 saturated carbocycles. The van der Waals surface area contributed by atoms with Gasteiger partial charge in [-0.2, -0.15) is 4.31 Å². The van der Waals surface area contributed by atoms with Crippen LogP contribution in [0.1, 0.15) is 67.6 Å². The van der Waals surface area contributed by atoms with Gasteiger partial charge in [0, 0.05) is 17.5 Å². The van der Waals surface area contributed by atoms with E-state index >= 15 is 0 Å². The molecule has 4 rings (SSSR count). The fourth-order valence-corrected chi connectivity index (χ4v) is 7.33. The number of nitrogens with zero attached hydrogens (tertiary/aromatic N) is 2. The lowest BCUT2D eigenvalue weighted by molar-refractivity contribution is -0.135. The first-order chi connectivity index (χ1) is 18.1. The van der Waals surface area contributed by atoms with Crippen molar-refractivity contribution in [3.05, 3.63) is 81.5 Å². The highest BCUT2D eigenvalue weighted by molar-refractivity contribution is 7.89. The van der Waals surface area contributed by atoms with Crippen LogP contribution in [0.4, 0.5) is 0 Å². The van der Waals surface area contributed by atoms with Gasteiger partial charge in [-0.15, -0.1) is 11.3 Å². The van der Waals surface area contributed by atoms with Crippen LogP contribution >= 0.6 is 11.3 Å². The molecule has 38 heavy (non-hydrogen) atoms. The van der Waals surface area contributed by atoms with Gasteiger partial charge in [-0.05, 0) is 79.4 Å². The molecule has 2 unspecified atom stereocenters. The second-order valence-corrected chi connectivity index (χ2v) is 13.2. The number of ether oxygens (including phenoxy) is 1. The predicted octanol–water partition coefficient (Wildman–Crippen LogP) is 6.17. The Bertz CT molecular complexity index is 1330. The van der Waals surface area contributed by atoms with Gasteiger partial charge >= 0.3 is 0 Å². The first-order valence-electron chi connectivity index (χ1n) is 13.3. The van der Waals surface area contributed by atoms with Crippen molar-refractivity contribution < 1.29 is 17.9 Å². The Labute approximate surface area is 231 Å². The van der Waals surface area contributed by atoms with Crippen LogP contribution in [0.15, 0.2) is 64.9 Å². The summed E-state index contributed by atoms with van der Waals surface area (Å²) in [4.78, 5) is 17.1. The Morgan fingerprint density at radius 3 is 2.39 bits per heavy atom. The molecule has 1 aliphatic heterocycles. The van der Waals surface area contributed by atoms with Crippen molar-refractivity contribution >= 4 is 27.3 Å². The quantitative estimate of drug-likeness (QED) is 0.300. The number of hydrogen-bond acceptors (Lipinski definition) is 5. The maximum Gasteiger partial charge on any atom is 0.243 e. The number of carbonyl (C=O) groups is 1. The van der Waals surface area contributed by atoms with Gasteiger partial charge in [0.2, 0.25) is 15.9 Å². The summed E-state index contributed by atoms with van der Waals surface area (Å²) >= 11 is 1.69. The van der Waals surface area contributed by atoms with E-state index in [4.69, 9.17) is 4.74 Å². The molecule has 0 fully saturated rings.